The first-order valence-electron chi connectivity index (χ1n) is 23.4. The Hall–Kier alpha value is -5.88. The number of rotatable bonds is 21. The normalized spacial score (nSPS) is 28.4. The van der Waals surface area contributed by atoms with Gasteiger partial charge in [-0.2, -0.15) is 0 Å². The van der Waals surface area contributed by atoms with Crippen LogP contribution in [0.1, 0.15) is 31.8 Å². The molecule has 0 saturated carbocycles. The largest absolute Gasteiger partial charge is 0.394 e. The van der Waals surface area contributed by atoms with Crippen LogP contribution in [-0.4, -0.2) is 218 Å². The van der Waals surface area contributed by atoms with Gasteiger partial charge in [-0.15, -0.1) is 0 Å². The summed E-state index contributed by atoms with van der Waals surface area (Å²) in [6.45, 7) is -3.18. The van der Waals surface area contributed by atoms with Crippen LogP contribution in [0.2, 0.25) is 0 Å². The number of hydrogen-bond donors (Lipinski definition) is 18. The van der Waals surface area contributed by atoms with Crippen molar-refractivity contribution in [2.24, 2.45) is 0 Å². The third-order valence-corrected chi connectivity index (χ3v) is 12.9. The number of nitrogens with one attached hydrogen (secondary N) is 4. The third kappa shape index (κ3) is 13.5. The molecule has 2 aliphatic heterocycles. The van der Waals surface area contributed by atoms with Crippen molar-refractivity contribution < 1.29 is 100 Å². The highest BCUT2D eigenvalue weighted by Crippen LogP contribution is 2.34. The van der Waals surface area contributed by atoms with Gasteiger partial charge < -0.3 is 102 Å². The van der Waals surface area contributed by atoms with E-state index in [1.165, 1.54) is 24.3 Å². The molecule has 16 atom stereocenters. The van der Waals surface area contributed by atoms with Crippen molar-refractivity contribution in [3.63, 3.8) is 0 Å². The number of benzene rings is 4. The van der Waals surface area contributed by atoms with Gasteiger partial charge in [-0.3, -0.25) is 19.2 Å². The minimum absolute atomic E-state index is 0.0397. The van der Waals surface area contributed by atoms with Crippen LogP contribution < -0.4 is 21.3 Å². The van der Waals surface area contributed by atoms with Crippen LogP contribution in [0.25, 0.3) is 11.1 Å². The van der Waals surface area contributed by atoms with Crippen molar-refractivity contribution in [1.29, 1.82) is 0 Å². The molecule has 2 fully saturated rings. The first kappa shape index (κ1) is 57.4. The molecule has 0 unspecified atom stereocenters. The van der Waals surface area contributed by atoms with E-state index < -0.39 is 147 Å². The maximum Gasteiger partial charge on any atom is 0.251 e. The van der Waals surface area contributed by atoms with E-state index in [1.807, 2.05) is 0 Å². The number of amides is 4. The minimum Gasteiger partial charge on any atom is -0.394 e. The van der Waals surface area contributed by atoms with Gasteiger partial charge in [0.1, 0.15) is 73.1 Å². The van der Waals surface area contributed by atoms with E-state index in [2.05, 4.69) is 21.3 Å². The van der Waals surface area contributed by atoms with E-state index >= 15 is 0 Å². The van der Waals surface area contributed by atoms with Gasteiger partial charge in [-0.05, 0) is 46.5 Å². The fourth-order valence-corrected chi connectivity index (χ4v) is 8.61. The summed E-state index contributed by atoms with van der Waals surface area (Å²) in [7, 11) is 0. The smallest absolute Gasteiger partial charge is 0.251 e. The van der Waals surface area contributed by atoms with Crippen molar-refractivity contribution in [3.8, 4) is 11.1 Å². The molecule has 24 nitrogen and oxygen atoms in total. The molecule has 0 spiro atoms. The monoisotopic (exact) mass is 1040 g/mol. The lowest BCUT2D eigenvalue weighted by Gasteiger charge is -2.48. The summed E-state index contributed by atoms with van der Waals surface area (Å²) in [5.41, 5.74) is 2.17. The zero-order chi connectivity index (χ0) is 54.1. The Labute approximate surface area is 422 Å². The second-order valence-electron chi connectivity index (χ2n) is 18.2. The van der Waals surface area contributed by atoms with Gasteiger partial charge in [-0.25, -0.2) is 0 Å². The molecule has 6 rings (SSSR count). The molecule has 0 aliphatic carbocycles. The van der Waals surface area contributed by atoms with Crippen LogP contribution >= 0.6 is 0 Å². The predicted octanol–water partition coefficient (Wildman–Crippen LogP) is -5.96. The zero-order valence-electron chi connectivity index (χ0n) is 39.4. The molecule has 2 saturated heterocycles. The first-order valence-corrected chi connectivity index (χ1v) is 23.4. The molecule has 0 radical (unpaired) electrons. The lowest BCUT2D eigenvalue weighted by molar-refractivity contribution is -0.311. The molecule has 402 valence electrons. The average molecular weight is 1040 g/mol. The zero-order valence-corrected chi connectivity index (χ0v) is 39.4. The molecule has 4 aromatic rings. The van der Waals surface area contributed by atoms with E-state index in [-0.39, 0.29) is 24.0 Å². The Bertz CT molecular complexity index is 2310. The Morgan fingerprint density at radius 1 is 0.486 bits per heavy atom. The van der Waals surface area contributed by atoms with E-state index in [4.69, 9.17) is 19.7 Å². The maximum atomic E-state index is 13.7. The van der Waals surface area contributed by atoms with Gasteiger partial charge in [-0.1, -0.05) is 84.9 Å². The summed E-state index contributed by atoms with van der Waals surface area (Å²) in [4.78, 5) is 52.5. The second kappa shape index (κ2) is 25.1. The average Bonchev–Trinajstić information content (AvgIpc) is 3.41. The third-order valence-electron chi connectivity index (χ3n) is 12.9. The van der Waals surface area contributed by atoms with E-state index in [0.29, 0.717) is 22.3 Å². The minimum atomic E-state index is -2.42. The summed E-state index contributed by atoms with van der Waals surface area (Å²) >= 11 is 0. The van der Waals surface area contributed by atoms with Crippen molar-refractivity contribution in [1.82, 2.24) is 21.3 Å². The molecule has 18 N–H and O–H groups in total. The lowest BCUT2D eigenvalue weighted by Crippen LogP contribution is -2.71. The fraction of sp³-hybridized carbons (Fsp3) is 0.440. The van der Waals surface area contributed by atoms with Crippen molar-refractivity contribution in [2.45, 2.75) is 110 Å². The van der Waals surface area contributed by atoms with Gasteiger partial charge in [0.2, 0.25) is 0 Å². The number of ether oxygens (including phenoxy) is 2. The van der Waals surface area contributed by atoms with Crippen LogP contribution in [0.3, 0.4) is 0 Å². The van der Waals surface area contributed by atoms with Gasteiger partial charge in [0.05, 0.1) is 13.2 Å². The quantitative estimate of drug-likeness (QED) is 0.0369. The molecule has 2 heterocycles. The summed E-state index contributed by atoms with van der Waals surface area (Å²) < 4.78 is 11.7. The number of aliphatic hydroxyl groups excluding tert-OH is 12. The molecule has 24 heteroatoms. The predicted molar refractivity (Wildman–Crippen MR) is 255 cm³/mol. The van der Waals surface area contributed by atoms with E-state index in [1.54, 1.807) is 84.9 Å². The van der Waals surface area contributed by atoms with E-state index in [0.717, 1.165) is 0 Å². The van der Waals surface area contributed by atoms with Crippen LogP contribution in [0.15, 0.2) is 109 Å². The van der Waals surface area contributed by atoms with Crippen LogP contribution in [0, 0.1) is 0 Å². The van der Waals surface area contributed by atoms with Crippen molar-refractivity contribution in [2.75, 3.05) is 26.3 Å². The Balaban J connectivity index is 1.12. The molecular formula is C50H62N4O20. The lowest BCUT2D eigenvalue weighted by atomic mass is 9.86. The van der Waals surface area contributed by atoms with Gasteiger partial charge >= 0.3 is 0 Å². The summed E-state index contributed by atoms with van der Waals surface area (Å²) in [6, 6.07) is 25.2. The van der Waals surface area contributed by atoms with E-state index in [9.17, 15) is 80.5 Å². The highest BCUT2D eigenvalue weighted by atomic mass is 16.7. The molecule has 2 aliphatic rings. The maximum absolute atomic E-state index is 13.7. The van der Waals surface area contributed by atoms with Crippen molar-refractivity contribution in [3.05, 3.63) is 131 Å². The standard InChI is InChI=1S/C50H62N4O20/c55-23-31(57)35(59)41(65)47(69)51-21-33-37(61)39(63)43(49(71,73-33)19-25-7-3-1-4-8-25)53-45(67)29-15-11-27(12-16-29)28-13-17-30(18-14-28)46(68)54-44-40(64)38(62)34(22-52-48(70)42(66)36(60)32(58)24-56)74-50(44,72)20-26-9-5-2-6-10-26/h1-18,31-44,55-66,71-72H,19-24H2,(H,51,69)(H,52,70)(H,53,67)(H,54,68)/t31-,32-,33-,34-,35-,36-,37-,38-,39+,40+,41-,42-,43-,44-,49+,50+/m1/s1. The van der Waals surface area contributed by atoms with Crippen molar-refractivity contribution >= 4 is 23.6 Å². The SMILES string of the molecule is O=C(N[C@@H]1[C@@H](O)[C@H](O)[C@@H](CNC(=O)[C@H](O)[C@H](O)[C@H](O)CO)O[C@@]1(O)Cc1ccccc1)c1ccc(-c2ccc(C(=O)N[C@@H]3[C@@H](O)[C@H](O)[C@@H](CNC(=O)[C@H](O)[C@H](O)[C@H](O)CO)O[C@@]3(O)Cc3ccccc3)cc2)cc1. The molecule has 0 bridgehead atoms. The summed E-state index contributed by atoms with van der Waals surface area (Å²) in [5, 5.41) is 156. The van der Waals surface area contributed by atoms with Crippen LogP contribution in [0.4, 0.5) is 0 Å². The number of carbonyl (C=O) groups excluding carboxylic acids is 4. The van der Waals surface area contributed by atoms with Crippen LogP contribution in [0.5, 0.6) is 0 Å². The highest BCUT2D eigenvalue weighted by molar-refractivity contribution is 5.96. The topological polar surface area (TPSA) is 418 Å². The number of aliphatic hydroxyl groups is 14. The second-order valence-corrected chi connectivity index (χ2v) is 18.2. The number of hydrogen-bond acceptors (Lipinski definition) is 20. The molecule has 4 aromatic carbocycles. The highest BCUT2D eigenvalue weighted by Gasteiger charge is 2.55. The molecular weight excluding hydrogens is 977 g/mol. The Morgan fingerprint density at radius 3 is 1.12 bits per heavy atom. The van der Waals surface area contributed by atoms with Crippen LogP contribution in [-0.2, 0) is 31.9 Å². The van der Waals surface area contributed by atoms with Gasteiger partial charge in [0.15, 0.2) is 23.8 Å². The molecule has 4 amide bonds. The summed E-state index contributed by atoms with van der Waals surface area (Å²) in [5.74, 6) is -8.92. The van der Waals surface area contributed by atoms with Gasteiger partial charge in [0.25, 0.3) is 23.6 Å². The molecule has 74 heavy (non-hydrogen) atoms. The van der Waals surface area contributed by atoms with Gasteiger partial charge in [0, 0.05) is 37.1 Å². The molecule has 0 aromatic heterocycles. The Kier molecular flexibility index (Phi) is 19.5. The summed E-state index contributed by atoms with van der Waals surface area (Å²) in [6.07, 6.45) is -23.5. The Morgan fingerprint density at radius 2 is 0.811 bits per heavy atom. The fourth-order valence-electron chi connectivity index (χ4n) is 8.61. The number of carbonyl (C=O) groups is 4. The first-order chi connectivity index (χ1) is 35.1.